The van der Waals surface area contributed by atoms with Gasteiger partial charge in [-0.1, -0.05) is 31.4 Å². The zero-order valence-electron chi connectivity index (χ0n) is 17.7. The van der Waals surface area contributed by atoms with Crippen molar-refractivity contribution in [3.05, 3.63) is 30.0 Å². The number of benzene rings is 1. The quantitative estimate of drug-likeness (QED) is 0.836. The van der Waals surface area contributed by atoms with Crippen LogP contribution >= 0.6 is 0 Å². The molecule has 1 N–H and O–H groups in total. The Balaban J connectivity index is 1.71. The Hall–Kier alpha value is -2.72. The second kappa shape index (κ2) is 8.97. The van der Waals surface area contributed by atoms with Crippen molar-refractivity contribution in [1.82, 2.24) is 15.3 Å². The zero-order valence-corrected chi connectivity index (χ0v) is 17.7. The molecular weight excluding hydrogens is 378 g/mol. The normalized spacial score (nSPS) is 23.7. The highest BCUT2D eigenvalue weighted by atomic mass is 16.5. The summed E-state index contributed by atoms with van der Waals surface area (Å²) in [5, 5.41) is 13.0. The smallest absolute Gasteiger partial charge is 0.243 e. The number of nitrogens with one attached hydrogen (secondary N) is 1. The lowest BCUT2D eigenvalue weighted by Crippen LogP contribution is -2.47. The minimum absolute atomic E-state index is 0.0338. The van der Waals surface area contributed by atoms with Gasteiger partial charge in [-0.25, -0.2) is 9.97 Å². The maximum absolute atomic E-state index is 13.1. The number of carbonyl (C=O) groups is 1. The minimum atomic E-state index is -0.993. The van der Waals surface area contributed by atoms with Crippen LogP contribution in [-0.2, 0) is 9.53 Å². The van der Waals surface area contributed by atoms with Crippen molar-refractivity contribution >= 4 is 22.8 Å². The van der Waals surface area contributed by atoms with Gasteiger partial charge in [0.2, 0.25) is 5.91 Å². The molecule has 7 heteroatoms. The summed E-state index contributed by atoms with van der Waals surface area (Å²) in [6, 6.07) is 9.93. The molecular formula is C23H29N5O2. The summed E-state index contributed by atoms with van der Waals surface area (Å²) in [6.45, 7) is 5.34. The zero-order chi connectivity index (χ0) is 21.1. The number of fused-ring (bicyclic) bond motifs is 1. The number of ether oxygens (including phenoxy) is 1. The molecule has 2 aliphatic rings. The number of carbonyl (C=O) groups excluding carboxylic acids is 1. The summed E-state index contributed by atoms with van der Waals surface area (Å²) in [5.41, 5.74) is 1.88. The largest absolute Gasteiger partial charge is 0.372 e. The van der Waals surface area contributed by atoms with Crippen molar-refractivity contribution in [2.24, 2.45) is 0 Å². The fourth-order valence-electron chi connectivity index (χ4n) is 4.56. The number of hydrogen-bond acceptors (Lipinski definition) is 6. The maximum Gasteiger partial charge on any atom is 0.243 e. The van der Waals surface area contributed by atoms with E-state index in [1.54, 1.807) is 0 Å². The Bertz CT molecular complexity index is 940. The van der Waals surface area contributed by atoms with E-state index < -0.39 is 5.92 Å². The third-order valence-electron chi connectivity index (χ3n) is 5.91. The average Bonchev–Trinajstić information content (AvgIpc) is 2.74. The molecule has 1 saturated carbocycles. The number of amides is 1. The third-order valence-corrected chi connectivity index (χ3v) is 5.91. The Kier molecular flexibility index (Phi) is 6.14. The van der Waals surface area contributed by atoms with Gasteiger partial charge < -0.3 is 15.0 Å². The first-order chi connectivity index (χ1) is 14.5. The van der Waals surface area contributed by atoms with Gasteiger partial charge in [0, 0.05) is 19.1 Å². The lowest BCUT2D eigenvalue weighted by Gasteiger charge is -2.37. The van der Waals surface area contributed by atoms with E-state index in [2.05, 4.69) is 16.3 Å². The van der Waals surface area contributed by atoms with Gasteiger partial charge in [0.1, 0.15) is 5.69 Å². The summed E-state index contributed by atoms with van der Waals surface area (Å²) in [5.74, 6) is -0.655. The van der Waals surface area contributed by atoms with E-state index in [1.165, 1.54) is 6.42 Å². The maximum atomic E-state index is 13.1. The van der Waals surface area contributed by atoms with Crippen molar-refractivity contribution in [3.8, 4) is 6.07 Å². The number of morpholine rings is 1. The van der Waals surface area contributed by atoms with Gasteiger partial charge in [-0.3, -0.25) is 4.79 Å². The molecule has 158 valence electrons. The lowest BCUT2D eigenvalue weighted by molar-refractivity contribution is -0.122. The number of hydrogen-bond donors (Lipinski definition) is 1. The molecule has 0 radical (unpaired) electrons. The molecule has 7 nitrogen and oxygen atoms in total. The fraction of sp³-hybridized carbons (Fsp3) is 0.565. The molecule has 1 aliphatic heterocycles. The van der Waals surface area contributed by atoms with Crippen molar-refractivity contribution in [3.63, 3.8) is 0 Å². The van der Waals surface area contributed by atoms with Crippen LogP contribution in [0.4, 0.5) is 5.82 Å². The van der Waals surface area contributed by atoms with Gasteiger partial charge >= 0.3 is 0 Å². The Morgan fingerprint density at radius 1 is 1.13 bits per heavy atom. The van der Waals surface area contributed by atoms with Gasteiger partial charge in [-0.15, -0.1) is 0 Å². The molecule has 2 fully saturated rings. The lowest BCUT2D eigenvalue weighted by atomic mass is 9.94. The minimum Gasteiger partial charge on any atom is -0.372 e. The molecule has 3 atom stereocenters. The molecule has 4 rings (SSSR count). The number of aromatic nitrogens is 2. The van der Waals surface area contributed by atoms with Crippen LogP contribution in [0.3, 0.4) is 0 Å². The van der Waals surface area contributed by atoms with Gasteiger partial charge in [0.05, 0.1) is 29.3 Å². The van der Waals surface area contributed by atoms with Crippen LogP contribution in [-0.4, -0.2) is 47.2 Å². The van der Waals surface area contributed by atoms with Crippen LogP contribution in [0.15, 0.2) is 24.3 Å². The van der Waals surface area contributed by atoms with Crippen LogP contribution in [0.25, 0.3) is 11.0 Å². The molecule has 1 aliphatic carbocycles. The van der Waals surface area contributed by atoms with Crippen LogP contribution in [0, 0.1) is 11.3 Å². The number of rotatable bonds is 4. The van der Waals surface area contributed by atoms with E-state index in [0.29, 0.717) is 30.1 Å². The predicted molar refractivity (Wildman–Crippen MR) is 115 cm³/mol. The monoisotopic (exact) mass is 407 g/mol. The fourth-order valence-corrected chi connectivity index (χ4v) is 4.56. The Labute approximate surface area is 177 Å². The number of anilines is 1. The van der Waals surface area contributed by atoms with Crippen LogP contribution < -0.4 is 10.2 Å². The third kappa shape index (κ3) is 4.39. The number of nitriles is 1. The summed E-state index contributed by atoms with van der Waals surface area (Å²) in [7, 11) is 0. The van der Waals surface area contributed by atoms with Crippen molar-refractivity contribution in [2.45, 2.75) is 70.1 Å². The van der Waals surface area contributed by atoms with E-state index in [0.717, 1.165) is 31.2 Å². The van der Waals surface area contributed by atoms with E-state index >= 15 is 0 Å². The standard InChI is InChI=1S/C23H29N5O2/c1-15-13-28(14-16(2)30-15)22-21(26-19-10-6-7-11-20(19)27-22)18(12-24)23(29)25-17-8-4-3-5-9-17/h6-7,10-11,15-18H,3-5,8-9,13-14H2,1-2H3,(H,25,29)/t15-,16+,18-/m0/s1. The van der Waals surface area contributed by atoms with Crippen LogP contribution in [0.2, 0.25) is 0 Å². The first-order valence-corrected chi connectivity index (χ1v) is 10.9. The van der Waals surface area contributed by atoms with E-state index in [1.807, 2.05) is 38.1 Å². The second-order valence-corrected chi connectivity index (χ2v) is 8.49. The highest BCUT2D eigenvalue weighted by molar-refractivity contribution is 5.89. The molecule has 0 spiro atoms. The average molecular weight is 408 g/mol. The molecule has 2 aromatic rings. The summed E-state index contributed by atoms with van der Waals surface area (Å²) >= 11 is 0. The Morgan fingerprint density at radius 2 is 1.77 bits per heavy atom. The highest BCUT2D eigenvalue weighted by Gasteiger charge is 2.32. The Morgan fingerprint density at radius 3 is 2.40 bits per heavy atom. The van der Waals surface area contributed by atoms with Crippen LogP contribution in [0.1, 0.15) is 57.6 Å². The summed E-state index contributed by atoms with van der Waals surface area (Å²) in [4.78, 5) is 24.8. The first kappa shape index (κ1) is 20.5. The van der Waals surface area contributed by atoms with E-state index in [9.17, 15) is 10.1 Å². The molecule has 1 aromatic heterocycles. The number of nitrogens with zero attached hydrogens (tertiary/aromatic N) is 4. The first-order valence-electron chi connectivity index (χ1n) is 10.9. The van der Waals surface area contributed by atoms with Gasteiger partial charge in [-0.05, 0) is 38.8 Å². The van der Waals surface area contributed by atoms with Gasteiger partial charge in [0.25, 0.3) is 0 Å². The summed E-state index contributed by atoms with van der Waals surface area (Å²) in [6.07, 6.45) is 5.45. The van der Waals surface area contributed by atoms with Crippen molar-refractivity contribution in [2.75, 3.05) is 18.0 Å². The SMILES string of the molecule is C[C@@H]1CN(c2nc3ccccc3nc2[C@H](C#N)C(=O)NC2CCCCC2)C[C@H](C)O1. The van der Waals surface area contributed by atoms with E-state index in [4.69, 9.17) is 14.7 Å². The molecule has 30 heavy (non-hydrogen) atoms. The predicted octanol–water partition coefficient (Wildman–Crippen LogP) is 3.30. The topological polar surface area (TPSA) is 91.1 Å². The van der Waals surface area contributed by atoms with Crippen molar-refractivity contribution in [1.29, 1.82) is 5.26 Å². The van der Waals surface area contributed by atoms with Gasteiger partial charge in [0.15, 0.2) is 11.7 Å². The molecule has 2 heterocycles. The van der Waals surface area contributed by atoms with Crippen molar-refractivity contribution < 1.29 is 9.53 Å². The number of para-hydroxylation sites is 2. The molecule has 1 amide bonds. The van der Waals surface area contributed by atoms with E-state index in [-0.39, 0.29) is 24.2 Å². The molecule has 1 aromatic carbocycles. The summed E-state index contributed by atoms with van der Waals surface area (Å²) < 4.78 is 5.87. The molecule has 0 unspecified atom stereocenters. The molecule has 0 bridgehead atoms. The second-order valence-electron chi connectivity index (χ2n) is 8.49. The van der Waals surface area contributed by atoms with Gasteiger partial charge in [-0.2, -0.15) is 5.26 Å². The highest BCUT2D eigenvalue weighted by Crippen LogP contribution is 2.30. The molecule has 1 saturated heterocycles. The van der Waals surface area contributed by atoms with Crippen LogP contribution in [0.5, 0.6) is 0 Å².